The number of carbonyl (C=O) groups excluding carboxylic acids is 2. The van der Waals surface area contributed by atoms with E-state index >= 15 is 0 Å². The second-order valence-electron chi connectivity index (χ2n) is 9.53. The minimum absolute atomic E-state index is 0.00722. The lowest BCUT2D eigenvalue weighted by Gasteiger charge is -2.46. The number of amides is 2. The first kappa shape index (κ1) is 21.8. The van der Waals surface area contributed by atoms with Gasteiger partial charge in [-0.3, -0.25) is 19.6 Å². The van der Waals surface area contributed by atoms with Gasteiger partial charge in [0.2, 0.25) is 11.9 Å². The number of imidazole rings is 1. The standard InChI is InChI=1S/C26H26N6O2S/c1-3-23(33)31-13-11-26(16-31)14-17(15-26)32-19-7-5-4-6-18(19)28-25(32)29-24(34)22-9-8-21(35-22)20-10-12-27-30(20)2/h3-10,12,17H,1,11,13-16H2,2H3,(H,28,29,34). The van der Waals surface area contributed by atoms with Gasteiger partial charge in [0.15, 0.2) is 0 Å². The van der Waals surface area contributed by atoms with Crippen LogP contribution in [-0.4, -0.2) is 49.1 Å². The second-order valence-corrected chi connectivity index (χ2v) is 10.6. The van der Waals surface area contributed by atoms with Crippen LogP contribution in [0.15, 0.2) is 61.3 Å². The SMILES string of the molecule is C=CC(=O)N1CCC2(CC(n3c(NC(=O)c4ccc(-c5ccnn5C)s4)nc4ccccc43)C2)C1. The van der Waals surface area contributed by atoms with Crippen LogP contribution in [-0.2, 0) is 11.8 Å². The van der Waals surface area contributed by atoms with Crippen molar-refractivity contribution in [2.75, 3.05) is 18.4 Å². The lowest BCUT2D eigenvalue weighted by Crippen LogP contribution is -2.42. The highest BCUT2D eigenvalue weighted by Gasteiger charge is 2.50. The second kappa shape index (κ2) is 8.20. The molecule has 2 aliphatic rings. The average molecular weight is 487 g/mol. The molecule has 1 spiro atoms. The molecule has 4 aromatic rings. The normalized spacial score (nSPS) is 21.4. The fourth-order valence-corrected chi connectivity index (χ4v) is 6.54. The molecule has 0 atom stereocenters. The molecule has 1 aromatic carbocycles. The Morgan fingerprint density at radius 3 is 2.80 bits per heavy atom. The van der Waals surface area contributed by atoms with Gasteiger partial charge in [-0.1, -0.05) is 18.7 Å². The molecular weight excluding hydrogens is 460 g/mol. The Balaban J connectivity index is 1.25. The van der Waals surface area contributed by atoms with E-state index in [4.69, 9.17) is 4.98 Å². The summed E-state index contributed by atoms with van der Waals surface area (Å²) >= 11 is 1.44. The van der Waals surface area contributed by atoms with E-state index in [1.165, 1.54) is 17.4 Å². The van der Waals surface area contributed by atoms with Crippen molar-refractivity contribution in [3.05, 3.63) is 66.2 Å². The Hall–Kier alpha value is -3.72. The Bertz CT molecular complexity index is 1460. The predicted molar refractivity (Wildman–Crippen MR) is 136 cm³/mol. The molecule has 1 saturated heterocycles. The summed E-state index contributed by atoms with van der Waals surface area (Å²) < 4.78 is 3.97. The van der Waals surface area contributed by atoms with E-state index in [2.05, 4.69) is 27.6 Å². The van der Waals surface area contributed by atoms with Crippen LogP contribution in [0.4, 0.5) is 5.95 Å². The molecule has 8 nitrogen and oxygen atoms in total. The summed E-state index contributed by atoms with van der Waals surface area (Å²) in [5.74, 6) is 0.411. The maximum absolute atomic E-state index is 13.2. The van der Waals surface area contributed by atoms with Crippen molar-refractivity contribution < 1.29 is 9.59 Å². The van der Waals surface area contributed by atoms with Gasteiger partial charge in [-0.2, -0.15) is 5.10 Å². The van der Waals surface area contributed by atoms with Crippen molar-refractivity contribution in [3.63, 3.8) is 0 Å². The van der Waals surface area contributed by atoms with E-state index in [-0.39, 0.29) is 23.3 Å². The summed E-state index contributed by atoms with van der Waals surface area (Å²) in [6.45, 7) is 5.18. The van der Waals surface area contributed by atoms with E-state index in [0.29, 0.717) is 10.8 Å². The van der Waals surface area contributed by atoms with Gasteiger partial charge in [-0.25, -0.2) is 4.98 Å². The van der Waals surface area contributed by atoms with E-state index in [9.17, 15) is 9.59 Å². The smallest absolute Gasteiger partial charge is 0.268 e. The number of rotatable bonds is 5. The monoisotopic (exact) mass is 486 g/mol. The summed E-state index contributed by atoms with van der Waals surface area (Å²) in [7, 11) is 1.89. The maximum atomic E-state index is 13.2. The van der Waals surface area contributed by atoms with Crippen LogP contribution in [0.3, 0.4) is 0 Å². The van der Waals surface area contributed by atoms with E-state index in [0.717, 1.165) is 54.0 Å². The first-order valence-electron chi connectivity index (χ1n) is 11.7. The summed E-state index contributed by atoms with van der Waals surface area (Å²) in [4.78, 5) is 33.6. The number of nitrogens with one attached hydrogen (secondary N) is 1. The van der Waals surface area contributed by atoms with Gasteiger partial charge >= 0.3 is 0 Å². The van der Waals surface area contributed by atoms with Crippen molar-refractivity contribution in [2.45, 2.75) is 25.3 Å². The third-order valence-electron chi connectivity index (χ3n) is 7.35. The number of likely N-dealkylation sites (tertiary alicyclic amines) is 1. The fourth-order valence-electron chi connectivity index (χ4n) is 5.59. The van der Waals surface area contributed by atoms with Gasteiger partial charge in [0.1, 0.15) is 0 Å². The molecule has 9 heteroatoms. The molecule has 1 aliphatic carbocycles. The van der Waals surface area contributed by atoms with Crippen molar-refractivity contribution in [3.8, 4) is 10.6 Å². The molecule has 0 radical (unpaired) electrons. The highest BCUT2D eigenvalue weighted by molar-refractivity contribution is 7.17. The molecule has 0 bridgehead atoms. The van der Waals surface area contributed by atoms with Crippen LogP contribution in [0.25, 0.3) is 21.6 Å². The van der Waals surface area contributed by atoms with Crippen LogP contribution in [0.5, 0.6) is 0 Å². The lowest BCUT2D eigenvalue weighted by molar-refractivity contribution is -0.125. The minimum atomic E-state index is -0.169. The summed E-state index contributed by atoms with van der Waals surface area (Å²) in [5.41, 5.74) is 2.99. The van der Waals surface area contributed by atoms with Crippen molar-refractivity contribution in [1.82, 2.24) is 24.2 Å². The number of nitrogens with zero attached hydrogens (tertiary/aromatic N) is 5. The lowest BCUT2D eigenvalue weighted by atomic mass is 9.65. The summed E-state index contributed by atoms with van der Waals surface area (Å²) in [6, 6.07) is 13.9. The average Bonchev–Trinajstić information content (AvgIpc) is 3.62. The van der Waals surface area contributed by atoms with Crippen LogP contribution in [0.2, 0.25) is 0 Å². The van der Waals surface area contributed by atoms with E-state index in [1.54, 1.807) is 10.9 Å². The van der Waals surface area contributed by atoms with Crippen molar-refractivity contribution in [2.24, 2.45) is 12.5 Å². The quantitative estimate of drug-likeness (QED) is 0.421. The zero-order valence-electron chi connectivity index (χ0n) is 19.5. The van der Waals surface area contributed by atoms with Gasteiger partial charge in [0, 0.05) is 32.4 Å². The molecule has 0 unspecified atom stereocenters. The number of benzene rings is 1. The van der Waals surface area contributed by atoms with Crippen molar-refractivity contribution in [1.29, 1.82) is 0 Å². The zero-order valence-corrected chi connectivity index (χ0v) is 20.3. The number of thiophene rings is 1. The Labute approximate surface area is 206 Å². The van der Waals surface area contributed by atoms with Gasteiger partial charge in [-0.15, -0.1) is 11.3 Å². The van der Waals surface area contributed by atoms with Crippen LogP contribution >= 0.6 is 11.3 Å². The van der Waals surface area contributed by atoms with E-state index in [1.807, 2.05) is 48.3 Å². The fraction of sp³-hybridized carbons (Fsp3) is 0.308. The molecule has 1 aliphatic heterocycles. The molecular formula is C26H26N6O2S. The third kappa shape index (κ3) is 3.67. The molecule has 3 aromatic heterocycles. The molecule has 6 rings (SSSR count). The number of anilines is 1. The van der Waals surface area contributed by atoms with Gasteiger partial charge in [-0.05, 0) is 61.1 Å². The number of hydrogen-bond donors (Lipinski definition) is 1. The Morgan fingerprint density at radius 2 is 2.03 bits per heavy atom. The molecule has 2 fully saturated rings. The first-order valence-corrected chi connectivity index (χ1v) is 12.6. The number of hydrogen-bond acceptors (Lipinski definition) is 5. The molecule has 4 heterocycles. The summed E-state index contributed by atoms with van der Waals surface area (Å²) in [6.07, 6.45) is 6.07. The molecule has 1 N–H and O–H groups in total. The Kier molecular flexibility index (Phi) is 5.10. The van der Waals surface area contributed by atoms with Crippen LogP contribution in [0, 0.1) is 5.41 Å². The van der Waals surface area contributed by atoms with E-state index < -0.39 is 0 Å². The number of aryl methyl sites for hydroxylation is 1. The third-order valence-corrected chi connectivity index (χ3v) is 8.46. The van der Waals surface area contributed by atoms with Crippen LogP contribution < -0.4 is 5.32 Å². The van der Waals surface area contributed by atoms with Crippen LogP contribution in [0.1, 0.15) is 35.0 Å². The number of aromatic nitrogens is 4. The van der Waals surface area contributed by atoms with Gasteiger partial charge < -0.3 is 9.47 Å². The first-order chi connectivity index (χ1) is 17.0. The zero-order chi connectivity index (χ0) is 24.2. The minimum Gasteiger partial charge on any atom is -0.339 e. The molecule has 2 amide bonds. The number of carbonyl (C=O) groups is 2. The highest BCUT2D eigenvalue weighted by atomic mass is 32.1. The number of para-hydroxylation sites is 2. The highest BCUT2D eigenvalue weighted by Crippen LogP contribution is 2.55. The van der Waals surface area contributed by atoms with Gasteiger partial charge in [0.05, 0.1) is 26.5 Å². The van der Waals surface area contributed by atoms with Crippen molar-refractivity contribution >= 4 is 40.1 Å². The largest absolute Gasteiger partial charge is 0.339 e. The topological polar surface area (TPSA) is 85.0 Å². The molecule has 178 valence electrons. The Morgan fingerprint density at radius 1 is 1.20 bits per heavy atom. The van der Waals surface area contributed by atoms with Gasteiger partial charge in [0.25, 0.3) is 5.91 Å². The summed E-state index contributed by atoms with van der Waals surface area (Å²) in [5, 5.41) is 7.30. The molecule has 1 saturated carbocycles. The molecule has 35 heavy (non-hydrogen) atoms. The number of fused-ring (bicyclic) bond motifs is 1. The predicted octanol–water partition coefficient (Wildman–Crippen LogP) is 4.49. The maximum Gasteiger partial charge on any atom is 0.268 e.